The number of aliphatic hydroxyl groups is 1. The first kappa shape index (κ1) is 22.3. The van der Waals surface area contributed by atoms with Gasteiger partial charge < -0.3 is 15.3 Å². The van der Waals surface area contributed by atoms with E-state index in [4.69, 9.17) is 23.2 Å². The minimum atomic E-state index is -0.354. The number of hydrogen-bond donors (Lipinski definition) is 2. The van der Waals surface area contributed by atoms with Gasteiger partial charge in [0, 0.05) is 12.6 Å². The highest BCUT2D eigenvalue weighted by Crippen LogP contribution is 2.23. The summed E-state index contributed by atoms with van der Waals surface area (Å²) >= 11 is 11.9. The van der Waals surface area contributed by atoms with E-state index in [1.165, 1.54) is 11.8 Å². The van der Waals surface area contributed by atoms with E-state index in [0.717, 1.165) is 24.8 Å². The van der Waals surface area contributed by atoms with Gasteiger partial charge in [-0.2, -0.15) is 0 Å². The van der Waals surface area contributed by atoms with Crippen molar-refractivity contribution in [3.8, 4) is 0 Å². The van der Waals surface area contributed by atoms with Crippen LogP contribution in [0.15, 0.2) is 29.5 Å². The maximum Gasteiger partial charge on any atom is 0.252 e. The lowest BCUT2D eigenvalue weighted by Crippen LogP contribution is -2.38. The van der Waals surface area contributed by atoms with Crippen LogP contribution < -0.4 is 5.32 Å². The Bertz CT molecular complexity index is 658. The standard InChI is InChI=1S/C19H26Cl2N2O3/c1-4-23(12-24)11-16(14(3)25)19(26)22-13(2)6-5-7-15-8-9-17(20)18(21)10-15/h8-10,12-13,25H,4-7,11H2,1-3H3,(H,22,26)/b16-14-. The molecule has 7 heteroatoms. The minimum Gasteiger partial charge on any atom is -0.512 e. The lowest BCUT2D eigenvalue weighted by atomic mass is 10.0. The van der Waals surface area contributed by atoms with Gasteiger partial charge in [0.2, 0.25) is 6.41 Å². The number of amides is 2. The molecule has 1 unspecified atom stereocenters. The summed E-state index contributed by atoms with van der Waals surface area (Å²) < 4.78 is 0. The molecule has 5 nitrogen and oxygen atoms in total. The molecule has 2 amide bonds. The van der Waals surface area contributed by atoms with Crippen molar-refractivity contribution in [1.82, 2.24) is 10.2 Å². The van der Waals surface area contributed by atoms with Gasteiger partial charge in [0.05, 0.1) is 27.9 Å². The molecule has 0 fully saturated rings. The Morgan fingerprint density at radius 3 is 2.58 bits per heavy atom. The van der Waals surface area contributed by atoms with Crippen LogP contribution >= 0.6 is 23.2 Å². The molecule has 1 aromatic rings. The smallest absolute Gasteiger partial charge is 0.252 e. The number of benzene rings is 1. The van der Waals surface area contributed by atoms with Gasteiger partial charge in [-0.3, -0.25) is 9.59 Å². The predicted molar refractivity (Wildman–Crippen MR) is 106 cm³/mol. The minimum absolute atomic E-state index is 0.0640. The summed E-state index contributed by atoms with van der Waals surface area (Å²) in [5.74, 6) is -0.432. The fourth-order valence-corrected chi connectivity index (χ4v) is 2.79. The molecule has 0 aliphatic carbocycles. The van der Waals surface area contributed by atoms with E-state index < -0.39 is 0 Å². The molecule has 144 valence electrons. The maximum absolute atomic E-state index is 12.4. The summed E-state index contributed by atoms with van der Waals surface area (Å²) in [4.78, 5) is 24.7. The van der Waals surface area contributed by atoms with Crippen LogP contribution in [0, 0.1) is 0 Å². The Morgan fingerprint density at radius 1 is 1.35 bits per heavy atom. The first-order chi connectivity index (χ1) is 12.3. The molecule has 0 aromatic heterocycles. The van der Waals surface area contributed by atoms with Crippen LogP contribution in [-0.4, -0.2) is 41.5 Å². The largest absolute Gasteiger partial charge is 0.512 e. The highest BCUT2D eigenvalue weighted by atomic mass is 35.5. The maximum atomic E-state index is 12.4. The molecule has 0 spiro atoms. The van der Waals surface area contributed by atoms with Crippen molar-refractivity contribution in [3.63, 3.8) is 0 Å². The predicted octanol–water partition coefficient (Wildman–Crippen LogP) is 4.13. The lowest BCUT2D eigenvalue weighted by molar-refractivity contribution is -0.119. The van der Waals surface area contributed by atoms with E-state index in [1.807, 2.05) is 26.0 Å². The SMILES string of the molecule is CCN(C=O)C/C(C(=O)NC(C)CCCc1ccc(Cl)c(Cl)c1)=C(\C)O. The van der Waals surface area contributed by atoms with Crippen LogP contribution in [0.25, 0.3) is 0 Å². The zero-order chi connectivity index (χ0) is 19.7. The number of hydrogen-bond acceptors (Lipinski definition) is 3. The number of likely N-dealkylation sites (N-methyl/N-ethyl adjacent to an activating group) is 1. The second-order valence-corrected chi connectivity index (χ2v) is 7.06. The number of carbonyl (C=O) groups is 2. The Kier molecular flexibility index (Phi) is 9.52. The number of nitrogens with zero attached hydrogens (tertiary/aromatic N) is 1. The average molecular weight is 401 g/mol. The molecule has 0 saturated carbocycles. The molecule has 1 aromatic carbocycles. The molecule has 0 bridgehead atoms. The normalized spacial score (nSPS) is 13.0. The van der Waals surface area contributed by atoms with Gasteiger partial charge in [-0.25, -0.2) is 0 Å². The van der Waals surface area contributed by atoms with Crippen LogP contribution in [0.4, 0.5) is 0 Å². The third-order valence-corrected chi connectivity index (χ3v) is 4.83. The van der Waals surface area contributed by atoms with Crippen LogP contribution in [-0.2, 0) is 16.0 Å². The monoisotopic (exact) mass is 400 g/mol. The summed E-state index contributed by atoms with van der Waals surface area (Å²) in [5.41, 5.74) is 1.30. The number of aryl methyl sites for hydroxylation is 1. The van der Waals surface area contributed by atoms with Crippen LogP contribution in [0.2, 0.25) is 10.0 Å². The van der Waals surface area contributed by atoms with E-state index in [-0.39, 0.29) is 29.8 Å². The molecule has 1 rings (SSSR count). The summed E-state index contributed by atoms with van der Waals surface area (Å²) in [5, 5.41) is 13.7. The molecular formula is C19H26Cl2N2O3. The van der Waals surface area contributed by atoms with Crippen LogP contribution in [0.1, 0.15) is 39.2 Å². The number of halogens is 2. The van der Waals surface area contributed by atoms with E-state index >= 15 is 0 Å². The van der Waals surface area contributed by atoms with E-state index in [9.17, 15) is 14.7 Å². The van der Waals surface area contributed by atoms with Gasteiger partial charge in [0.15, 0.2) is 0 Å². The number of rotatable bonds is 10. The summed E-state index contributed by atoms with van der Waals surface area (Å²) in [7, 11) is 0. The van der Waals surface area contributed by atoms with Crippen molar-refractivity contribution in [2.45, 2.75) is 46.1 Å². The van der Waals surface area contributed by atoms with Crippen LogP contribution in [0.5, 0.6) is 0 Å². The number of carbonyl (C=O) groups excluding carboxylic acids is 2. The molecule has 0 aliphatic heterocycles. The zero-order valence-electron chi connectivity index (χ0n) is 15.4. The zero-order valence-corrected chi connectivity index (χ0v) is 16.9. The van der Waals surface area contributed by atoms with Crippen molar-refractivity contribution in [2.75, 3.05) is 13.1 Å². The summed E-state index contributed by atoms with van der Waals surface area (Å²) in [6.07, 6.45) is 3.13. The number of allylic oxidation sites excluding steroid dienone is 1. The number of aliphatic hydroxyl groups excluding tert-OH is 1. The van der Waals surface area contributed by atoms with Crippen molar-refractivity contribution < 1.29 is 14.7 Å². The molecular weight excluding hydrogens is 375 g/mol. The van der Waals surface area contributed by atoms with Crippen molar-refractivity contribution in [3.05, 3.63) is 45.1 Å². The summed E-state index contributed by atoms with van der Waals surface area (Å²) in [6.45, 7) is 5.72. The van der Waals surface area contributed by atoms with Crippen LogP contribution in [0.3, 0.4) is 0 Å². The highest BCUT2D eigenvalue weighted by molar-refractivity contribution is 6.42. The molecule has 2 N–H and O–H groups in total. The molecule has 0 aliphatic rings. The van der Waals surface area contributed by atoms with E-state index in [2.05, 4.69) is 5.32 Å². The molecule has 1 atom stereocenters. The number of nitrogens with one attached hydrogen (secondary N) is 1. The van der Waals surface area contributed by atoms with Gasteiger partial charge in [-0.15, -0.1) is 0 Å². The molecule has 0 radical (unpaired) electrons. The van der Waals surface area contributed by atoms with E-state index in [0.29, 0.717) is 23.0 Å². The summed E-state index contributed by atoms with van der Waals surface area (Å²) in [6, 6.07) is 5.50. The van der Waals surface area contributed by atoms with Crippen molar-refractivity contribution in [1.29, 1.82) is 0 Å². The Hall–Kier alpha value is -1.72. The fourth-order valence-electron chi connectivity index (χ4n) is 2.47. The lowest BCUT2D eigenvalue weighted by Gasteiger charge is -2.20. The molecule has 0 saturated heterocycles. The first-order valence-electron chi connectivity index (χ1n) is 8.61. The van der Waals surface area contributed by atoms with Gasteiger partial charge in [0.25, 0.3) is 5.91 Å². The Morgan fingerprint density at radius 2 is 2.04 bits per heavy atom. The van der Waals surface area contributed by atoms with Crippen molar-refractivity contribution in [2.24, 2.45) is 0 Å². The highest BCUT2D eigenvalue weighted by Gasteiger charge is 2.17. The quantitative estimate of drug-likeness (QED) is 0.352. The second kappa shape index (κ2) is 11.1. The average Bonchev–Trinajstić information content (AvgIpc) is 2.58. The topological polar surface area (TPSA) is 69.6 Å². The van der Waals surface area contributed by atoms with Gasteiger partial charge in [-0.05, 0) is 57.7 Å². The van der Waals surface area contributed by atoms with E-state index in [1.54, 1.807) is 6.07 Å². The Balaban J connectivity index is 2.53. The van der Waals surface area contributed by atoms with Crippen molar-refractivity contribution >= 4 is 35.5 Å². The third kappa shape index (κ3) is 7.26. The molecule has 0 heterocycles. The third-order valence-electron chi connectivity index (χ3n) is 4.09. The van der Waals surface area contributed by atoms with Gasteiger partial charge >= 0.3 is 0 Å². The fraction of sp³-hybridized carbons (Fsp3) is 0.474. The first-order valence-corrected chi connectivity index (χ1v) is 9.36. The Labute approximate surface area is 165 Å². The van der Waals surface area contributed by atoms with Gasteiger partial charge in [-0.1, -0.05) is 29.3 Å². The van der Waals surface area contributed by atoms with Gasteiger partial charge in [0.1, 0.15) is 0 Å². The molecule has 26 heavy (non-hydrogen) atoms. The second-order valence-electron chi connectivity index (χ2n) is 6.25.